The highest BCUT2D eigenvalue weighted by atomic mass is 32.2. The summed E-state index contributed by atoms with van der Waals surface area (Å²) in [6.45, 7) is 5.84. The summed E-state index contributed by atoms with van der Waals surface area (Å²) in [4.78, 5) is 17.4. The molecule has 2 aromatic heterocycles. The van der Waals surface area contributed by atoms with Gasteiger partial charge in [-0.2, -0.15) is 18.3 Å². The molecule has 0 radical (unpaired) electrons. The third-order valence-corrected chi connectivity index (χ3v) is 6.72. The molecule has 0 spiro atoms. The number of benzene rings is 2. The number of fused-ring (bicyclic) bond motifs is 1. The van der Waals surface area contributed by atoms with E-state index in [1.165, 1.54) is 17.8 Å². The van der Waals surface area contributed by atoms with Gasteiger partial charge in [-0.3, -0.25) is 9.48 Å². The zero-order valence-electron chi connectivity index (χ0n) is 19.1. The minimum atomic E-state index is -4.46. The van der Waals surface area contributed by atoms with Gasteiger partial charge in [0.1, 0.15) is 0 Å². The molecule has 0 aliphatic rings. The lowest BCUT2D eigenvalue weighted by Crippen LogP contribution is -2.23. The molecule has 10 heteroatoms. The predicted octanol–water partition coefficient (Wildman–Crippen LogP) is 5.57. The van der Waals surface area contributed by atoms with Crippen LogP contribution in [0.25, 0.3) is 11.0 Å². The maximum Gasteiger partial charge on any atom is 0.416 e. The number of aromatic nitrogens is 4. The molecule has 0 aliphatic heterocycles. The Bertz CT molecular complexity index is 1340. The van der Waals surface area contributed by atoms with Gasteiger partial charge >= 0.3 is 6.18 Å². The van der Waals surface area contributed by atoms with E-state index in [4.69, 9.17) is 0 Å². The molecular formula is C24H24F3N5OS. The average Bonchev–Trinajstić information content (AvgIpc) is 3.24. The lowest BCUT2D eigenvalue weighted by molar-refractivity contribution is -0.137. The van der Waals surface area contributed by atoms with Crippen molar-refractivity contribution in [2.45, 2.75) is 43.9 Å². The van der Waals surface area contributed by atoms with Crippen LogP contribution in [-0.2, 0) is 24.6 Å². The monoisotopic (exact) mass is 487 g/mol. The van der Waals surface area contributed by atoms with Crippen LogP contribution in [0.15, 0.2) is 53.7 Å². The molecule has 0 aliphatic carbocycles. The number of halogens is 3. The minimum absolute atomic E-state index is 0.236. The Morgan fingerprint density at radius 3 is 2.47 bits per heavy atom. The van der Waals surface area contributed by atoms with Crippen LogP contribution in [-0.4, -0.2) is 30.5 Å². The summed E-state index contributed by atoms with van der Waals surface area (Å²) in [5, 5.41) is 7.16. The van der Waals surface area contributed by atoms with E-state index < -0.39 is 17.0 Å². The smallest absolute Gasteiger partial charge is 0.322 e. The fourth-order valence-corrected chi connectivity index (χ4v) is 4.61. The number of amides is 1. The van der Waals surface area contributed by atoms with E-state index in [1.807, 2.05) is 48.7 Å². The number of anilines is 1. The zero-order chi connectivity index (χ0) is 24.6. The van der Waals surface area contributed by atoms with Crippen LogP contribution in [0.2, 0.25) is 0 Å². The van der Waals surface area contributed by atoms with Crippen LogP contribution < -0.4 is 5.32 Å². The number of carbonyl (C=O) groups is 1. The molecule has 4 aromatic rings. The molecule has 0 saturated heterocycles. The molecule has 2 aromatic carbocycles. The number of hydrogen-bond donors (Lipinski definition) is 1. The Morgan fingerprint density at radius 2 is 1.85 bits per heavy atom. The molecule has 0 fully saturated rings. The van der Waals surface area contributed by atoms with E-state index in [0.29, 0.717) is 28.6 Å². The number of nitrogens with one attached hydrogen (secondary N) is 1. The number of nitrogens with zero attached hydrogens (tertiary/aromatic N) is 4. The lowest BCUT2D eigenvalue weighted by atomic mass is 10.2. The minimum Gasteiger partial charge on any atom is -0.322 e. The summed E-state index contributed by atoms with van der Waals surface area (Å²) in [5.74, 6) is -0.238. The SMILES string of the molecule is Cc1nn(C)c(C)c1NC(=O)C(C)Sc1nc2cc(C(F)(F)F)ccc2n1Cc1ccccc1. The van der Waals surface area contributed by atoms with Gasteiger partial charge in [-0.25, -0.2) is 4.98 Å². The second-order valence-corrected chi connectivity index (χ2v) is 9.39. The molecule has 34 heavy (non-hydrogen) atoms. The van der Waals surface area contributed by atoms with Crippen LogP contribution in [0, 0.1) is 13.8 Å². The summed E-state index contributed by atoms with van der Waals surface area (Å²) in [5.41, 5.74) is 3.23. The first-order valence-electron chi connectivity index (χ1n) is 10.6. The fraction of sp³-hybridized carbons (Fsp3) is 0.292. The standard InChI is InChI=1S/C24H24F3N5OS/c1-14-21(15(2)31(4)30-14)29-22(33)16(3)34-23-28-19-12-18(24(25,26)27)10-11-20(19)32(23)13-17-8-6-5-7-9-17/h5-12,16H,13H2,1-4H3,(H,29,33). The van der Waals surface area contributed by atoms with Crippen LogP contribution in [0.4, 0.5) is 18.9 Å². The van der Waals surface area contributed by atoms with Gasteiger partial charge in [-0.15, -0.1) is 0 Å². The Balaban J connectivity index is 1.66. The van der Waals surface area contributed by atoms with Crippen molar-refractivity contribution in [2.24, 2.45) is 7.05 Å². The maximum atomic E-state index is 13.3. The van der Waals surface area contributed by atoms with E-state index in [2.05, 4.69) is 15.4 Å². The number of carbonyl (C=O) groups excluding carboxylic acids is 1. The molecule has 4 rings (SSSR count). The molecule has 1 N–H and O–H groups in total. The summed E-state index contributed by atoms with van der Waals surface area (Å²) in [6.07, 6.45) is -4.46. The number of hydrogen-bond acceptors (Lipinski definition) is 4. The van der Waals surface area contributed by atoms with Gasteiger partial charge in [0.15, 0.2) is 5.16 Å². The van der Waals surface area contributed by atoms with Crippen molar-refractivity contribution in [3.05, 3.63) is 71.0 Å². The Kier molecular flexibility index (Phi) is 6.44. The Hall–Kier alpha value is -3.27. The van der Waals surface area contributed by atoms with Crippen molar-refractivity contribution in [3.63, 3.8) is 0 Å². The highest BCUT2D eigenvalue weighted by molar-refractivity contribution is 8.00. The number of imidazole rings is 1. The van der Waals surface area contributed by atoms with Gasteiger partial charge < -0.3 is 9.88 Å². The van der Waals surface area contributed by atoms with Crippen molar-refractivity contribution in [3.8, 4) is 0 Å². The number of alkyl halides is 3. The van der Waals surface area contributed by atoms with Gasteiger partial charge in [-0.05, 0) is 44.5 Å². The molecule has 2 heterocycles. The Labute approximate surface area is 199 Å². The van der Waals surface area contributed by atoms with E-state index in [1.54, 1.807) is 18.7 Å². The first-order chi connectivity index (χ1) is 16.0. The van der Waals surface area contributed by atoms with Crippen molar-refractivity contribution in [1.82, 2.24) is 19.3 Å². The second kappa shape index (κ2) is 9.17. The maximum absolute atomic E-state index is 13.3. The van der Waals surface area contributed by atoms with Gasteiger partial charge in [-0.1, -0.05) is 42.1 Å². The van der Waals surface area contributed by atoms with Crippen molar-refractivity contribution < 1.29 is 18.0 Å². The molecule has 0 saturated carbocycles. The fourth-order valence-electron chi connectivity index (χ4n) is 3.68. The van der Waals surface area contributed by atoms with Gasteiger partial charge in [0.05, 0.1) is 45.5 Å². The zero-order valence-corrected chi connectivity index (χ0v) is 20.0. The average molecular weight is 488 g/mol. The molecule has 1 amide bonds. The lowest BCUT2D eigenvalue weighted by Gasteiger charge is -2.14. The molecule has 0 bridgehead atoms. The van der Waals surface area contributed by atoms with Crippen LogP contribution in [0.5, 0.6) is 0 Å². The quantitative estimate of drug-likeness (QED) is 0.361. The third kappa shape index (κ3) is 4.82. The number of thioether (sulfide) groups is 1. The van der Waals surface area contributed by atoms with Gasteiger partial charge in [0.25, 0.3) is 0 Å². The number of aryl methyl sites for hydroxylation is 2. The summed E-state index contributed by atoms with van der Waals surface area (Å²) < 4.78 is 43.3. The molecular weight excluding hydrogens is 463 g/mol. The molecule has 178 valence electrons. The second-order valence-electron chi connectivity index (χ2n) is 8.09. The third-order valence-electron chi connectivity index (χ3n) is 5.63. The van der Waals surface area contributed by atoms with E-state index in [0.717, 1.165) is 23.4 Å². The largest absolute Gasteiger partial charge is 0.416 e. The topological polar surface area (TPSA) is 64.7 Å². The van der Waals surface area contributed by atoms with Crippen molar-refractivity contribution >= 4 is 34.4 Å². The van der Waals surface area contributed by atoms with Gasteiger partial charge in [0.2, 0.25) is 5.91 Å². The van der Waals surface area contributed by atoms with Crippen molar-refractivity contribution in [2.75, 3.05) is 5.32 Å². The summed E-state index contributed by atoms with van der Waals surface area (Å²) >= 11 is 1.21. The highest BCUT2D eigenvalue weighted by Crippen LogP contribution is 2.34. The normalized spacial score (nSPS) is 12.8. The molecule has 1 unspecified atom stereocenters. The van der Waals surface area contributed by atoms with E-state index in [9.17, 15) is 18.0 Å². The van der Waals surface area contributed by atoms with E-state index >= 15 is 0 Å². The van der Waals surface area contributed by atoms with Gasteiger partial charge in [0, 0.05) is 7.05 Å². The summed E-state index contributed by atoms with van der Waals surface area (Å²) in [6, 6.07) is 13.1. The predicted molar refractivity (Wildman–Crippen MR) is 127 cm³/mol. The molecule has 1 atom stereocenters. The first-order valence-corrected chi connectivity index (χ1v) is 11.5. The van der Waals surface area contributed by atoms with Crippen LogP contribution in [0.3, 0.4) is 0 Å². The Morgan fingerprint density at radius 1 is 1.15 bits per heavy atom. The van der Waals surface area contributed by atoms with E-state index in [-0.39, 0.29) is 11.4 Å². The van der Waals surface area contributed by atoms with Crippen molar-refractivity contribution in [1.29, 1.82) is 0 Å². The first kappa shape index (κ1) is 23.9. The highest BCUT2D eigenvalue weighted by Gasteiger charge is 2.31. The number of rotatable bonds is 6. The van der Waals surface area contributed by atoms with Crippen LogP contribution >= 0.6 is 11.8 Å². The summed E-state index contributed by atoms with van der Waals surface area (Å²) in [7, 11) is 1.80. The molecule has 6 nitrogen and oxygen atoms in total. The van der Waals surface area contributed by atoms with Crippen LogP contribution in [0.1, 0.15) is 29.4 Å².